The molecule has 0 spiro atoms. The van der Waals surface area contributed by atoms with Crippen molar-refractivity contribution in [2.75, 3.05) is 0 Å². The summed E-state index contributed by atoms with van der Waals surface area (Å²) in [7, 11) is 0. The summed E-state index contributed by atoms with van der Waals surface area (Å²) in [5.74, 6) is -1.92. The number of carbonyl (C=O) groups excluding carboxylic acids is 2. The number of nitrogens with one attached hydrogen (secondary N) is 2. The summed E-state index contributed by atoms with van der Waals surface area (Å²) in [5, 5.41) is 9.56. The Morgan fingerprint density at radius 2 is 2.15 bits per heavy atom. The SMILES string of the molecule is C[C@H](NC(=O)c1cc(F)c2n[nH]c(/C=C/c3cccnc3)c2c1)C(N)=O. The van der Waals surface area contributed by atoms with Gasteiger partial charge in [-0.3, -0.25) is 19.7 Å². The predicted molar refractivity (Wildman–Crippen MR) is 95.3 cm³/mol. The fourth-order valence-corrected chi connectivity index (χ4v) is 2.36. The summed E-state index contributed by atoms with van der Waals surface area (Å²) in [6, 6.07) is 5.38. The molecule has 0 aliphatic carbocycles. The Labute approximate surface area is 148 Å². The van der Waals surface area contributed by atoms with Crippen LogP contribution in [0.2, 0.25) is 0 Å². The van der Waals surface area contributed by atoms with Crippen molar-refractivity contribution in [3.8, 4) is 0 Å². The van der Waals surface area contributed by atoms with Gasteiger partial charge in [-0.15, -0.1) is 0 Å². The number of hydrogen-bond acceptors (Lipinski definition) is 4. The average Bonchev–Trinajstić information content (AvgIpc) is 3.04. The van der Waals surface area contributed by atoms with Gasteiger partial charge in [0.15, 0.2) is 5.82 Å². The van der Waals surface area contributed by atoms with E-state index in [1.54, 1.807) is 30.6 Å². The molecule has 4 N–H and O–H groups in total. The van der Waals surface area contributed by atoms with Crippen molar-refractivity contribution in [2.45, 2.75) is 13.0 Å². The Kier molecular flexibility index (Phi) is 4.74. The first-order valence-electron chi connectivity index (χ1n) is 7.81. The lowest BCUT2D eigenvalue weighted by molar-refractivity contribution is -0.119. The first kappa shape index (κ1) is 17.3. The number of nitrogens with two attached hydrogens (primary N) is 1. The number of benzene rings is 1. The third-order valence-corrected chi connectivity index (χ3v) is 3.81. The van der Waals surface area contributed by atoms with Gasteiger partial charge in [0.1, 0.15) is 11.6 Å². The minimum Gasteiger partial charge on any atom is -0.368 e. The zero-order valence-electron chi connectivity index (χ0n) is 13.9. The Morgan fingerprint density at radius 1 is 1.35 bits per heavy atom. The molecule has 0 aliphatic heterocycles. The topological polar surface area (TPSA) is 114 Å². The van der Waals surface area contributed by atoms with Crippen LogP contribution in [0.3, 0.4) is 0 Å². The number of H-pyrrole nitrogens is 1. The van der Waals surface area contributed by atoms with Crippen LogP contribution in [-0.4, -0.2) is 33.0 Å². The molecule has 1 atom stereocenters. The lowest BCUT2D eigenvalue weighted by Gasteiger charge is -2.10. The molecule has 2 heterocycles. The second-order valence-electron chi connectivity index (χ2n) is 5.71. The molecule has 0 saturated heterocycles. The van der Waals surface area contributed by atoms with E-state index in [9.17, 15) is 14.0 Å². The van der Waals surface area contributed by atoms with E-state index in [1.807, 2.05) is 6.07 Å². The number of nitrogens with zero attached hydrogens (tertiary/aromatic N) is 2. The molecule has 1 aromatic carbocycles. The summed E-state index contributed by atoms with van der Waals surface area (Å²) in [6.07, 6.45) is 6.86. The van der Waals surface area contributed by atoms with Crippen LogP contribution in [0.5, 0.6) is 0 Å². The third kappa shape index (κ3) is 3.59. The molecule has 0 fully saturated rings. The van der Waals surface area contributed by atoms with Gasteiger partial charge in [-0.05, 0) is 36.8 Å². The van der Waals surface area contributed by atoms with E-state index in [4.69, 9.17) is 5.73 Å². The van der Waals surface area contributed by atoms with E-state index < -0.39 is 23.7 Å². The van der Waals surface area contributed by atoms with Gasteiger partial charge < -0.3 is 11.1 Å². The largest absolute Gasteiger partial charge is 0.368 e. The highest BCUT2D eigenvalue weighted by atomic mass is 19.1. The minimum absolute atomic E-state index is 0.0699. The van der Waals surface area contributed by atoms with Gasteiger partial charge in [0, 0.05) is 23.3 Å². The molecule has 7 nitrogen and oxygen atoms in total. The fourth-order valence-electron chi connectivity index (χ4n) is 2.36. The Bertz CT molecular complexity index is 997. The van der Waals surface area contributed by atoms with Crippen LogP contribution < -0.4 is 11.1 Å². The number of aromatic amines is 1. The highest BCUT2D eigenvalue weighted by Gasteiger charge is 2.17. The maximum atomic E-state index is 14.3. The van der Waals surface area contributed by atoms with Crippen molar-refractivity contribution in [3.05, 3.63) is 59.3 Å². The van der Waals surface area contributed by atoms with Gasteiger partial charge in [-0.2, -0.15) is 5.10 Å². The summed E-state index contributed by atoms with van der Waals surface area (Å²) >= 11 is 0. The quantitative estimate of drug-likeness (QED) is 0.650. The molecule has 2 amide bonds. The normalized spacial score (nSPS) is 12.4. The molecule has 0 unspecified atom stereocenters. The molecule has 132 valence electrons. The van der Waals surface area contributed by atoms with Gasteiger partial charge in [0.25, 0.3) is 5.91 Å². The predicted octanol–water partition coefficient (Wildman–Crippen LogP) is 1.87. The number of pyridine rings is 1. The number of rotatable bonds is 5. The molecule has 3 aromatic rings. The molecule has 0 bridgehead atoms. The number of amides is 2. The monoisotopic (exact) mass is 353 g/mol. The molecule has 0 radical (unpaired) electrons. The van der Waals surface area contributed by atoms with Crippen molar-refractivity contribution in [2.24, 2.45) is 5.73 Å². The summed E-state index contributed by atoms with van der Waals surface area (Å²) in [5.41, 5.74) is 6.72. The lowest BCUT2D eigenvalue weighted by Crippen LogP contribution is -2.42. The smallest absolute Gasteiger partial charge is 0.252 e. The van der Waals surface area contributed by atoms with Crippen LogP contribution >= 0.6 is 0 Å². The summed E-state index contributed by atoms with van der Waals surface area (Å²) < 4.78 is 14.3. The van der Waals surface area contributed by atoms with Crippen LogP contribution in [0.1, 0.15) is 28.5 Å². The first-order valence-corrected chi connectivity index (χ1v) is 7.81. The van der Waals surface area contributed by atoms with E-state index in [0.717, 1.165) is 11.6 Å². The second kappa shape index (κ2) is 7.14. The zero-order chi connectivity index (χ0) is 18.7. The molecule has 26 heavy (non-hydrogen) atoms. The summed E-state index contributed by atoms with van der Waals surface area (Å²) in [6.45, 7) is 1.45. The van der Waals surface area contributed by atoms with Gasteiger partial charge in [0.05, 0.1) is 5.69 Å². The van der Waals surface area contributed by atoms with E-state index in [-0.39, 0.29) is 11.1 Å². The van der Waals surface area contributed by atoms with Crippen LogP contribution in [0, 0.1) is 5.82 Å². The molecule has 2 aromatic heterocycles. The van der Waals surface area contributed by atoms with Crippen LogP contribution in [0.15, 0.2) is 36.7 Å². The van der Waals surface area contributed by atoms with Crippen LogP contribution in [0.4, 0.5) is 4.39 Å². The number of hydrogen-bond donors (Lipinski definition) is 3. The lowest BCUT2D eigenvalue weighted by atomic mass is 10.1. The van der Waals surface area contributed by atoms with Crippen molar-refractivity contribution in [1.82, 2.24) is 20.5 Å². The van der Waals surface area contributed by atoms with E-state index in [0.29, 0.717) is 11.1 Å². The second-order valence-corrected chi connectivity index (χ2v) is 5.71. The molecule has 0 aliphatic rings. The van der Waals surface area contributed by atoms with Gasteiger partial charge >= 0.3 is 0 Å². The maximum Gasteiger partial charge on any atom is 0.252 e. The Morgan fingerprint density at radius 3 is 2.85 bits per heavy atom. The standard InChI is InChI=1S/C18H16FN5O2/c1-10(17(20)25)22-18(26)12-7-13-15(23-24-16(13)14(19)8-12)5-4-11-3-2-6-21-9-11/h2-10H,1H3,(H2,20,25)(H,22,26)(H,23,24)/b5-4+/t10-/m0/s1. The summed E-state index contributed by atoms with van der Waals surface area (Å²) in [4.78, 5) is 27.3. The third-order valence-electron chi connectivity index (χ3n) is 3.81. The van der Waals surface area contributed by atoms with E-state index in [1.165, 1.54) is 13.0 Å². The number of primary amides is 1. The van der Waals surface area contributed by atoms with Crippen molar-refractivity contribution < 1.29 is 14.0 Å². The average molecular weight is 353 g/mol. The number of aromatic nitrogens is 3. The first-order chi connectivity index (χ1) is 12.5. The highest BCUT2D eigenvalue weighted by Crippen LogP contribution is 2.23. The van der Waals surface area contributed by atoms with Crippen molar-refractivity contribution in [1.29, 1.82) is 0 Å². The van der Waals surface area contributed by atoms with Crippen molar-refractivity contribution >= 4 is 34.9 Å². The van der Waals surface area contributed by atoms with Gasteiger partial charge in [-0.1, -0.05) is 12.1 Å². The molecule has 8 heteroatoms. The van der Waals surface area contributed by atoms with Crippen LogP contribution in [-0.2, 0) is 4.79 Å². The molecular formula is C18H16FN5O2. The number of carbonyl (C=O) groups is 2. The van der Waals surface area contributed by atoms with Crippen LogP contribution in [0.25, 0.3) is 23.1 Å². The van der Waals surface area contributed by atoms with E-state index in [2.05, 4.69) is 20.5 Å². The zero-order valence-corrected chi connectivity index (χ0v) is 13.9. The molecular weight excluding hydrogens is 337 g/mol. The number of fused-ring (bicyclic) bond motifs is 1. The van der Waals surface area contributed by atoms with Crippen molar-refractivity contribution in [3.63, 3.8) is 0 Å². The van der Waals surface area contributed by atoms with E-state index >= 15 is 0 Å². The Balaban J connectivity index is 1.95. The van der Waals surface area contributed by atoms with Gasteiger partial charge in [-0.25, -0.2) is 4.39 Å². The highest BCUT2D eigenvalue weighted by molar-refractivity contribution is 6.01. The molecule has 0 saturated carbocycles. The number of halogens is 1. The maximum absolute atomic E-state index is 14.3. The Hall–Kier alpha value is -3.55. The fraction of sp³-hybridized carbons (Fsp3) is 0.111. The van der Waals surface area contributed by atoms with Gasteiger partial charge in [0.2, 0.25) is 5.91 Å². The minimum atomic E-state index is -0.865. The molecule has 3 rings (SSSR count).